The monoisotopic (exact) mass is 637 g/mol. The number of furan rings is 1. The van der Waals surface area contributed by atoms with Gasteiger partial charge in [-0.15, -0.1) is 0 Å². The maximum atomic E-state index is 6.81. The molecule has 2 nitrogen and oxygen atoms in total. The van der Waals surface area contributed by atoms with Crippen LogP contribution in [0.2, 0.25) is 0 Å². The molecule has 1 aromatic heterocycles. The van der Waals surface area contributed by atoms with Gasteiger partial charge in [-0.1, -0.05) is 158 Å². The summed E-state index contributed by atoms with van der Waals surface area (Å²) in [6, 6.07) is 67.5. The Labute approximate surface area is 290 Å². The second-order valence-electron chi connectivity index (χ2n) is 12.9. The summed E-state index contributed by atoms with van der Waals surface area (Å²) in [6.45, 7) is 0. The number of hydrogen-bond acceptors (Lipinski definition) is 2. The molecule has 0 radical (unpaired) electrons. The Kier molecular flexibility index (Phi) is 6.53. The van der Waals surface area contributed by atoms with Crippen molar-refractivity contribution < 1.29 is 4.42 Å². The normalized spacial score (nSPS) is 11.6. The topological polar surface area (TPSA) is 16.4 Å². The Morgan fingerprint density at radius 2 is 0.880 bits per heavy atom. The van der Waals surface area contributed by atoms with Gasteiger partial charge in [0.25, 0.3) is 0 Å². The zero-order chi connectivity index (χ0) is 33.0. The third-order valence-corrected chi connectivity index (χ3v) is 10.0. The molecule has 1 heterocycles. The SMILES string of the molecule is c1ccc(-c2cccc(-c3cccc4oc5c6ccccc6c(N(c6cccc7ccccc67)c6cccc7ccccc67)cc5c34)c2)cc1. The van der Waals surface area contributed by atoms with Gasteiger partial charge in [0.15, 0.2) is 0 Å². The number of anilines is 3. The fourth-order valence-corrected chi connectivity index (χ4v) is 7.75. The molecule has 0 saturated carbocycles. The lowest BCUT2D eigenvalue weighted by Gasteiger charge is -2.29. The summed E-state index contributed by atoms with van der Waals surface area (Å²) >= 11 is 0. The van der Waals surface area contributed by atoms with Gasteiger partial charge in [-0.2, -0.15) is 0 Å². The van der Waals surface area contributed by atoms with Gasteiger partial charge < -0.3 is 9.32 Å². The Morgan fingerprint density at radius 1 is 0.340 bits per heavy atom. The Hall–Kier alpha value is -6.64. The lowest BCUT2D eigenvalue weighted by Crippen LogP contribution is -2.11. The summed E-state index contributed by atoms with van der Waals surface area (Å²) in [7, 11) is 0. The fourth-order valence-electron chi connectivity index (χ4n) is 7.75. The average molecular weight is 638 g/mol. The lowest BCUT2D eigenvalue weighted by molar-refractivity contribution is 0.673. The van der Waals surface area contributed by atoms with Gasteiger partial charge in [-0.05, 0) is 63.4 Å². The van der Waals surface area contributed by atoms with Gasteiger partial charge in [0.05, 0.1) is 17.1 Å². The second-order valence-corrected chi connectivity index (χ2v) is 12.9. The van der Waals surface area contributed by atoms with E-state index in [2.05, 4.69) is 193 Å². The van der Waals surface area contributed by atoms with E-state index < -0.39 is 0 Å². The molecule has 0 N–H and O–H groups in total. The quantitative estimate of drug-likeness (QED) is 0.187. The first kappa shape index (κ1) is 28.4. The molecule has 10 aromatic rings. The number of benzene rings is 9. The van der Waals surface area contributed by atoms with E-state index in [0.29, 0.717) is 0 Å². The van der Waals surface area contributed by atoms with Crippen LogP contribution in [0.15, 0.2) is 192 Å². The Balaban J connectivity index is 1.31. The maximum Gasteiger partial charge on any atom is 0.143 e. The molecule has 0 amide bonds. The molecule has 10 rings (SSSR count). The van der Waals surface area contributed by atoms with Crippen molar-refractivity contribution in [2.45, 2.75) is 0 Å². The largest absolute Gasteiger partial charge is 0.455 e. The van der Waals surface area contributed by atoms with Crippen LogP contribution in [0.1, 0.15) is 0 Å². The smallest absolute Gasteiger partial charge is 0.143 e. The predicted octanol–water partition coefficient (Wildman–Crippen LogP) is 13.8. The molecular formula is C48H31NO. The van der Waals surface area contributed by atoms with Crippen molar-refractivity contribution in [2.24, 2.45) is 0 Å². The number of hydrogen-bond donors (Lipinski definition) is 0. The highest BCUT2D eigenvalue weighted by Gasteiger charge is 2.23. The predicted molar refractivity (Wildman–Crippen MR) is 212 cm³/mol. The van der Waals surface area contributed by atoms with E-state index in [0.717, 1.165) is 60.9 Å². The van der Waals surface area contributed by atoms with Gasteiger partial charge in [0.1, 0.15) is 11.2 Å². The zero-order valence-corrected chi connectivity index (χ0v) is 27.3. The summed E-state index contributed by atoms with van der Waals surface area (Å²) in [4.78, 5) is 2.46. The van der Waals surface area contributed by atoms with Gasteiger partial charge in [0, 0.05) is 32.3 Å². The lowest BCUT2D eigenvalue weighted by atomic mass is 9.94. The standard InChI is InChI=1S/C48H31NO/c1-2-14-32(15-3-1)35-20-10-21-36(30-35)39-26-13-29-46-47(39)42-31-45(40-24-8-9-25-41(40)48(42)50-46)49(43-27-11-18-33-16-4-6-22-37(33)43)44-28-12-19-34-17-5-7-23-38(34)44/h1-31H. The summed E-state index contributed by atoms with van der Waals surface area (Å²) < 4.78 is 6.81. The number of fused-ring (bicyclic) bond motifs is 7. The molecule has 234 valence electrons. The Bertz CT molecular complexity index is 2790. The summed E-state index contributed by atoms with van der Waals surface area (Å²) in [5, 5.41) is 9.24. The summed E-state index contributed by atoms with van der Waals surface area (Å²) in [5.41, 5.74) is 9.87. The van der Waals surface area contributed by atoms with Gasteiger partial charge in [-0.25, -0.2) is 0 Å². The van der Waals surface area contributed by atoms with Crippen LogP contribution in [-0.2, 0) is 0 Å². The molecule has 2 heteroatoms. The minimum atomic E-state index is 0.881. The van der Waals surface area contributed by atoms with Crippen LogP contribution in [0.3, 0.4) is 0 Å². The highest BCUT2D eigenvalue weighted by Crippen LogP contribution is 2.48. The van der Waals surface area contributed by atoms with E-state index in [9.17, 15) is 0 Å². The molecule has 50 heavy (non-hydrogen) atoms. The van der Waals surface area contributed by atoms with E-state index in [1.807, 2.05) is 0 Å². The van der Waals surface area contributed by atoms with Crippen molar-refractivity contribution in [1.29, 1.82) is 0 Å². The van der Waals surface area contributed by atoms with E-state index in [-0.39, 0.29) is 0 Å². The molecule has 0 aliphatic carbocycles. The first-order chi connectivity index (χ1) is 24.8. The van der Waals surface area contributed by atoms with Crippen LogP contribution in [0.5, 0.6) is 0 Å². The van der Waals surface area contributed by atoms with Crippen molar-refractivity contribution in [3.8, 4) is 22.3 Å². The number of nitrogens with zero attached hydrogens (tertiary/aromatic N) is 1. The third kappa shape index (κ3) is 4.50. The minimum Gasteiger partial charge on any atom is -0.455 e. The molecule has 0 saturated heterocycles. The molecule has 0 aliphatic rings. The summed E-state index contributed by atoms with van der Waals surface area (Å²) in [6.07, 6.45) is 0. The molecule has 0 atom stereocenters. The van der Waals surface area contributed by atoms with Crippen LogP contribution >= 0.6 is 0 Å². The van der Waals surface area contributed by atoms with Crippen LogP contribution < -0.4 is 4.90 Å². The van der Waals surface area contributed by atoms with Gasteiger partial charge >= 0.3 is 0 Å². The fraction of sp³-hybridized carbons (Fsp3) is 0. The molecule has 9 aromatic carbocycles. The number of rotatable bonds is 5. The van der Waals surface area contributed by atoms with Crippen LogP contribution in [-0.4, -0.2) is 0 Å². The van der Waals surface area contributed by atoms with Crippen molar-refractivity contribution in [1.82, 2.24) is 0 Å². The highest BCUT2D eigenvalue weighted by molar-refractivity contribution is 6.23. The summed E-state index contributed by atoms with van der Waals surface area (Å²) in [5.74, 6) is 0. The van der Waals surface area contributed by atoms with Crippen molar-refractivity contribution in [3.63, 3.8) is 0 Å². The van der Waals surface area contributed by atoms with Gasteiger partial charge in [-0.3, -0.25) is 0 Å². The zero-order valence-electron chi connectivity index (χ0n) is 27.3. The van der Waals surface area contributed by atoms with Crippen molar-refractivity contribution in [2.75, 3.05) is 4.90 Å². The average Bonchev–Trinajstić information content (AvgIpc) is 3.58. The molecule has 0 spiro atoms. The van der Waals surface area contributed by atoms with Crippen LogP contribution in [0, 0.1) is 0 Å². The Morgan fingerprint density at radius 3 is 1.60 bits per heavy atom. The second kappa shape index (κ2) is 11.5. The molecular weight excluding hydrogens is 607 g/mol. The molecule has 0 aliphatic heterocycles. The first-order valence-electron chi connectivity index (χ1n) is 17.1. The van der Waals surface area contributed by atoms with Gasteiger partial charge in [0.2, 0.25) is 0 Å². The minimum absolute atomic E-state index is 0.881. The van der Waals surface area contributed by atoms with Crippen LogP contribution in [0.25, 0.3) is 76.5 Å². The first-order valence-corrected chi connectivity index (χ1v) is 17.1. The molecule has 0 unspecified atom stereocenters. The molecule has 0 bridgehead atoms. The maximum absolute atomic E-state index is 6.81. The van der Waals surface area contributed by atoms with E-state index in [1.165, 1.54) is 32.7 Å². The highest BCUT2D eigenvalue weighted by atomic mass is 16.3. The van der Waals surface area contributed by atoms with E-state index >= 15 is 0 Å². The van der Waals surface area contributed by atoms with E-state index in [4.69, 9.17) is 4.42 Å². The van der Waals surface area contributed by atoms with E-state index in [1.54, 1.807) is 0 Å². The van der Waals surface area contributed by atoms with Crippen molar-refractivity contribution >= 4 is 71.3 Å². The third-order valence-electron chi connectivity index (χ3n) is 10.0. The molecule has 0 fully saturated rings. The van der Waals surface area contributed by atoms with Crippen LogP contribution in [0.4, 0.5) is 17.1 Å². The van der Waals surface area contributed by atoms with Crippen molar-refractivity contribution in [3.05, 3.63) is 188 Å².